The predicted octanol–water partition coefficient (Wildman–Crippen LogP) is 0.886. The Balaban J connectivity index is 2.26. The first-order chi connectivity index (χ1) is 8.93. The van der Waals surface area contributed by atoms with E-state index in [2.05, 4.69) is 24.1 Å². The van der Waals surface area contributed by atoms with Gasteiger partial charge in [0.25, 0.3) is 0 Å². The van der Waals surface area contributed by atoms with Crippen LogP contribution in [0.1, 0.15) is 20.3 Å². The van der Waals surface area contributed by atoms with Crippen LogP contribution in [0.3, 0.4) is 0 Å². The molecule has 1 heterocycles. The molecular weight excluding hydrogens is 266 g/mol. The van der Waals surface area contributed by atoms with Crippen molar-refractivity contribution in [2.45, 2.75) is 32.4 Å². The van der Waals surface area contributed by atoms with Crippen LogP contribution < -0.4 is 5.32 Å². The van der Waals surface area contributed by atoms with Crippen LogP contribution in [0.2, 0.25) is 0 Å². The molecule has 0 saturated carbocycles. The molecule has 1 aliphatic heterocycles. The van der Waals surface area contributed by atoms with Gasteiger partial charge in [0.2, 0.25) is 0 Å². The minimum absolute atomic E-state index is 0.274. The molecule has 1 fully saturated rings. The molecule has 2 N–H and O–H groups in total. The number of carbonyl (C=O) groups is 2. The zero-order chi connectivity index (χ0) is 14.4. The lowest BCUT2D eigenvalue weighted by molar-refractivity contribution is -0.140. The summed E-state index contributed by atoms with van der Waals surface area (Å²) in [6, 6.07) is -0.477. The van der Waals surface area contributed by atoms with Crippen LogP contribution in [0.25, 0.3) is 0 Å². The van der Waals surface area contributed by atoms with Gasteiger partial charge in [-0.2, -0.15) is 0 Å². The number of carboxylic acids is 1. The van der Waals surface area contributed by atoms with E-state index in [1.54, 1.807) is 0 Å². The van der Waals surface area contributed by atoms with Crippen molar-refractivity contribution in [1.82, 2.24) is 15.1 Å². The van der Waals surface area contributed by atoms with E-state index in [4.69, 9.17) is 5.11 Å². The molecule has 2 amide bonds. The van der Waals surface area contributed by atoms with Crippen LogP contribution in [0.4, 0.5) is 4.79 Å². The summed E-state index contributed by atoms with van der Waals surface area (Å²) in [6.45, 7) is 5.73. The number of nitrogens with zero attached hydrogens (tertiary/aromatic N) is 2. The van der Waals surface area contributed by atoms with Crippen molar-refractivity contribution in [3.05, 3.63) is 0 Å². The minimum atomic E-state index is -0.931. The molecule has 0 bridgehead atoms. The first-order valence-corrected chi connectivity index (χ1v) is 7.64. The fourth-order valence-electron chi connectivity index (χ4n) is 1.73. The number of urea groups is 1. The van der Waals surface area contributed by atoms with Crippen LogP contribution >= 0.6 is 11.8 Å². The molecule has 0 radical (unpaired) electrons. The number of hydrogen-bond acceptors (Lipinski definition) is 4. The molecule has 19 heavy (non-hydrogen) atoms. The van der Waals surface area contributed by atoms with Crippen molar-refractivity contribution < 1.29 is 14.7 Å². The Morgan fingerprint density at radius 2 is 2.21 bits per heavy atom. The highest BCUT2D eigenvalue weighted by atomic mass is 32.2. The SMILES string of the molecule is CC(C)N(C)CCCNC(=O)N1CSC[C@H]1C(=O)O. The summed E-state index contributed by atoms with van der Waals surface area (Å²) in [6.07, 6.45) is 0.860. The lowest BCUT2D eigenvalue weighted by Gasteiger charge is -2.23. The highest BCUT2D eigenvalue weighted by molar-refractivity contribution is 7.99. The summed E-state index contributed by atoms with van der Waals surface area (Å²) >= 11 is 1.47. The normalized spacial score (nSPS) is 19.2. The van der Waals surface area contributed by atoms with Gasteiger partial charge in [-0.1, -0.05) is 0 Å². The first kappa shape index (κ1) is 16.1. The molecule has 1 rings (SSSR count). The second-order valence-electron chi connectivity index (χ2n) is 4.98. The third-order valence-corrected chi connectivity index (χ3v) is 4.29. The van der Waals surface area contributed by atoms with Gasteiger partial charge in [0, 0.05) is 18.3 Å². The van der Waals surface area contributed by atoms with E-state index in [-0.39, 0.29) is 6.03 Å². The van der Waals surface area contributed by atoms with Gasteiger partial charge < -0.3 is 20.2 Å². The Morgan fingerprint density at radius 3 is 2.79 bits per heavy atom. The van der Waals surface area contributed by atoms with Gasteiger partial charge in [0.05, 0.1) is 5.88 Å². The molecule has 1 aliphatic rings. The second kappa shape index (κ2) is 7.59. The summed E-state index contributed by atoms with van der Waals surface area (Å²) < 4.78 is 0. The smallest absolute Gasteiger partial charge is 0.327 e. The van der Waals surface area contributed by atoms with Gasteiger partial charge in [-0.15, -0.1) is 11.8 Å². The van der Waals surface area contributed by atoms with E-state index in [0.29, 0.717) is 24.2 Å². The number of amides is 2. The molecular formula is C12H23N3O3S. The summed E-state index contributed by atoms with van der Waals surface area (Å²) in [4.78, 5) is 26.4. The second-order valence-corrected chi connectivity index (χ2v) is 5.98. The number of thioether (sulfide) groups is 1. The van der Waals surface area contributed by atoms with Crippen molar-refractivity contribution in [3.8, 4) is 0 Å². The zero-order valence-corrected chi connectivity index (χ0v) is 12.6. The third kappa shape index (κ3) is 4.91. The quantitative estimate of drug-likeness (QED) is 0.710. The Labute approximate surface area is 118 Å². The molecule has 7 heteroatoms. The molecule has 0 unspecified atom stereocenters. The molecule has 0 aromatic carbocycles. The Morgan fingerprint density at radius 1 is 1.53 bits per heavy atom. The highest BCUT2D eigenvalue weighted by Gasteiger charge is 2.34. The molecule has 110 valence electrons. The van der Waals surface area contributed by atoms with Gasteiger partial charge in [0.15, 0.2) is 0 Å². The number of carboxylic acid groups (broad SMARTS) is 1. The standard InChI is InChI=1S/C12H23N3O3S/c1-9(2)14(3)6-4-5-13-12(18)15-8-19-7-10(15)11(16)17/h9-10H,4-8H2,1-3H3,(H,13,18)(H,16,17)/t10-/m0/s1. The van der Waals surface area contributed by atoms with E-state index >= 15 is 0 Å². The molecule has 0 spiro atoms. The molecule has 0 aromatic rings. The Kier molecular flexibility index (Phi) is 6.44. The van der Waals surface area contributed by atoms with Gasteiger partial charge in [0.1, 0.15) is 6.04 Å². The van der Waals surface area contributed by atoms with Crippen molar-refractivity contribution in [2.75, 3.05) is 31.8 Å². The predicted molar refractivity (Wildman–Crippen MR) is 76.4 cm³/mol. The molecule has 0 aliphatic carbocycles. The van der Waals surface area contributed by atoms with Crippen molar-refractivity contribution in [1.29, 1.82) is 0 Å². The van der Waals surface area contributed by atoms with Crippen LogP contribution in [0.15, 0.2) is 0 Å². The maximum atomic E-state index is 11.9. The third-order valence-electron chi connectivity index (χ3n) is 3.27. The molecule has 6 nitrogen and oxygen atoms in total. The van der Waals surface area contributed by atoms with Gasteiger partial charge in [-0.25, -0.2) is 9.59 Å². The highest BCUT2D eigenvalue weighted by Crippen LogP contribution is 2.20. The van der Waals surface area contributed by atoms with Gasteiger partial charge in [-0.3, -0.25) is 0 Å². The topological polar surface area (TPSA) is 72.9 Å². The van der Waals surface area contributed by atoms with E-state index in [9.17, 15) is 9.59 Å². The maximum Gasteiger partial charge on any atom is 0.327 e. The Hall–Kier alpha value is -0.950. The van der Waals surface area contributed by atoms with Crippen LogP contribution in [0.5, 0.6) is 0 Å². The number of aliphatic carboxylic acids is 1. The first-order valence-electron chi connectivity index (χ1n) is 6.48. The fourth-order valence-corrected chi connectivity index (χ4v) is 2.88. The summed E-state index contributed by atoms with van der Waals surface area (Å²) in [5, 5.41) is 11.8. The van der Waals surface area contributed by atoms with Crippen molar-refractivity contribution >= 4 is 23.8 Å². The average molecular weight is 289 g/mol. The Bertz CT molecular complexity index is 325. The molecule has 1 atom stereocenters. The van der Waals surface area contributed by atoms with Gasteiger partial charge in [-0.05, 0) is 33.9 Å². The number of carbonyl (C=O) groups excluding carboxylic acids is 1. The van der Waals surface area contributed by atoms with Crippen molar-refractivity contribution in [2.24, 2.45) is 0 Å². The zero-order valence-electron chi connectivity index (χ0n) is 11.8. The van der Waals surface area contributed by atoms with E-state index in [1.165, 1.54) is 16.7 Å². The maximum absolute atomic E-state index is 11.9. The van der Waals surface area contributed by atoms with Crippen LogP contribution in [-0.4, -0.2) is 70.8 Å². The summed E-state index contributed by atoms with van der Waals surface area (Å²) in [5.41, 5.74) is 0. The van der Waals surface area contributed by atoms with Crippen LogP contribution in [0, 0.1) is 0 Å². The summed E-state index contributed by atoms with van der Waals surface area (Å²) in [5.74, 6) is -0.00670. The molecule has 1 saturated heterocycles. The van der Waals surface area contributed by atoms with Gasteiger partial charge >= 0.3 is 12.0 Å². The van der Waals surface area contributed by atoms with Crippen LogP contribution in [-0.2, 0) is 4.79 Å². The molecule has 0 aromatic heterocycles. The average Bonchev–Trinajstić information content (AvgIpc) is 2.83. The monoisotopic (exact) mass is 289 g/mol. The van der Waals surface area contributed by atoms with E-state index in [1.807, 2.05) is 7.05 Å². The number of rotatable bonds is 6. The fraction of sp³-hybridized carbons (Fsp3) is 0.833. The van der Waals surface area contributed by atoms with E-state index < -0.39 is 12.0 Å². The minimum Gasteiger partial charge on any atom is -0.480 e. The summed E-state index contributed by atoms with van der Waals surface area (Å²) in [7, 11) is 2.05. The van der Waals surface area contributed by atoms with E-state index in [0.717, 1.165) is 13.0 Å². The number of nitrogens with one attached hydrogen (secondary N) is 1. The lowest BCUT2D eigenvalue weighted by Crippen LogP contribution is -2.47. The van der Waals surface area contributed by atoms with Crippen molar-refractivity contribution in [3.63, 3.8) is 0 Å². The lowest BCUT2D eigenvalue weighted by atomic mass is 10.3. The number of hydrogen-bond donors (Lipinski definition) is 2. The largest absolute Gasteiger partial charge is 0.480 e.